The summed E-state index contributed by atoms with van der Waals surface area (Å²) >= 11 is 0. The summed E-state index contributed by atoms with van der Waals surface area (Å²) < 4.78 is 0. The van der Waals surface area contributed by atoms with Crippen LogP contribution in [0.5, 0.6) is 0 Å². The van der Waals surface area contributed by atoms with Crippen molar-refractivity contribution < 1.29 is 19.2 Å². The van der Waals surface area contributed by atoms with E-state index in [-0.39, 0.29) is 55.6 Å². The number of carbonyl (C=O) groups is 4. The summed E-state index contributed by atoms with van der Waals surface area (Å²) in [5, 5.41) is 0. The SMILES string of the molecule is C=NC1(CN2C(=O)CCC2=O)C(=O)CCC1=O. The standard InChI is InChI=1S/C11H12N2O4/c1-12-11(7(14)2-3-8(11)15)6-13-9(16)4-5-10(13)17/h1-6H2. The molecular formula is C11H12N2O4. The van der Waals surface area contributed by atoms with E-state index in [0.717, 1.165) is 4.90 Å². The van der Waals surface area contributed by atoms with Gasteiger partial charge in [0.05, 0.1) is 6.54 Å². The van der Waals surface area contributed by atoms with Gasteiger partial charge in [-0.15, -0.1) is 0 Å². The van der Waals surface area contributed by atoms with Crippen LogP contribution in [0.15, 0.2) is 4.99 Å². The number of hydrogen-bond acceptors (Lipinski definition) is 5. The Morgan fingerprint density at radius 3 is 1.88 bits per heavy atom. The average molecular weight is 236 g/mol. The third-order valence-corrected chi connectivity index (χ3v) is 3.31. The highest BCUT2D eigenvalue weighted by Crippen LogP contribution is 2.29. The summed E-state index contributed by atoms with van der Waals surface area (Å²) in [7, 11) is 0. The fourth-order valence-electron chi connectivity index (χ4n) is 2.23. The van der Waals surface area contributed by atoms with Gasteiger partial charge in [0, 0.05) is 25.7 Å². The number of amides is 2. The molecule has 17 heavy (non-hydrogen) atoms. The Balaban J connectivity index is 2.29. The van der Waals surface area contributed by atoms with E-state index >= 15 is 0 Å². The lowest BCUT2D eigenvalue weighted by atomic mass is 9.95. The number of imide groups is 1. The zero-order valence-corrected chi connectivity index (χ0v) is 9.27. The summed E-state index contributed by atoms with van der Waals surface area (Å²) in [5.41, 5.74) is -1.60. The molecular weight excluding hydrogens is 224 g/mol. The molecule has 6 nitrogen and oxygen atoms in total. The molecule has 0 bridgehead atoms. The first-order valence-electron chi connectivity index (χ1n) is 5.39. The summed E-state index contributed by atoms with van der Waals surface area (Å²) in [6, 6.07) is 0. The molecule has 0 aromatic heterocycles. The lowest BCUT2D eigenvalue weighted by molar-refractivity contribution is -0.140. The number of carbonyl (C=O) groups excluding carboxylic acids is 4. The summed E-state index contributed by atoms with van der Waals surface area (Å²) in [4.78, 5) is 51.0. The molecule has 6 heteroatoms. The fourth-order valence-corrected chi connectivity index (χ4v) is 2.23. The first-order chi connectivity index (χ1) is 8.01. The Kier molecular flexibility index (Phi) is 2.65. The number of likely N-dealkylation sites (tertiary alicyclic amines) is 1. The van der Waals surface area contributed by atoms with Gasteiger partial charge in [0.1, 0.15) is 0 Å². The fraction of sp³-hybridized carbons (Fsp3) is 0.545. The van der Waals surface area contributed by atoms with Crippen LogP contribution in [0, 0.1) is 0 Å². The van der Waals surface area contributed by atoms with Crippen molar-refractivity contribution in [3.05, 3.63) is 0 Å². The normalized spacial score (nSPS) is 23.6. The Morgan fingerprint density at radius 1 is 1.00 bits per heavy atom. The molecule has 1 saturated heterocycles. The van der Waals surface area contributed by atoms with Crippen LogP contribution in [0.25, 0.3) is 0 Å². The first-order valence-corrected chi connectivity index (χ1v) is 5.39. The van der Waals surface area contributed by atoms with Crippen molar-refractivity contribution >= 4 is 30.1 Å². The Morgan fingerprint density at radius 2 is 1.47 bits per heavy atom. The van der Waals surface area contributed by atoms with Crippen LogP contribution in [0.3, 0.4) is 0 Å². The monoisotopic (exact) mass is 236 g/mol. The van der Waals surface area contributed by atoms with Crippen LogP contribution >= 0.6 is 0 Å². The molecule has 0 unspecified atom stereocenters. The lowest BCUT2D eigenvalue weighted by Crippen LogP contribution is -2.50. The summed E-state index contributed by atoms with van der Waals surface area (Å²) in [6.07, 6.45) is 0.477. The maximum Gasteiger partial charge on any atom is 0.229 e. The van der Waals surface area contributed by atoms with Crippen molar-refractivity contribution in [2.75, 3.05) is 6.54 Å². The van der Waals surface area contributed by atoms with Crippen molar-refractivity contribution in [1.82, 2.24) is 4.90 Å². The van der Waals surface area contributed by atoms with E-state index in [1.54, 1.807) is 0 Å². The molecule has 0 aromatic carbocycles. The second kappa shape index (κ2) is 3.87. The number of aliphatic imine (C=N–C) groups is 1. The second-order valence-corrected chi connectivity index (χ2v) is 4.24. The third-order valence-electron chi connectivity index (χ3n) is 3.31. The molecule has 2 amide bonds. The zero-order valence-electron chi connectivity index (χ0n) is 9.27. The van der Waals surface area contributed by atoms with Gasteiger partial charge in [-0.05, 0) is 6.72 Å². The molecule has 1 saturated carbocycles. The van der Waals surface area contributed by atoms with Crippen molar-refractivity contribution in [3.63, 3.8) is 0 Å². The summed E-state index contributed by atoms with van der Waals surface area (Å²) in [5.74, 6) is -1.42. The van der Waals surface area contributed by atoms with Crippen LogP contribution in [-0.2, 0) is 19.2 Å². The predicted octanol–water partition coefficient (Wildman–Crippen LogP) is -0.493. The highest BCUT2D eigenvalue weighted by atomic mass is 16.2. The van der Waals surface area contributed by atoms with Gasteiger partial charge in [0.15, 0.2) is 17.1 Å². The molecule has 2 fully saturated rings. The number of nitrogens with zero attached hydrogens (tertiary/aromatic N) is 2. The van der Waals surface area contributed by atoms with Gasteiger partial charge in [-0.3, -0.25) is 29.1 Å². The molecule has 2 rings (SSSR count). The van der Waals surface area contributed by atoms with E-state index in [9.17, 15) is 19.2 Å². The molecule has 1 heterocycles. The van der Waals surface area contributed by atoms with Gasteiger partial charge < -0.3 is 0 Å². The molecule has 0 spiro atoms. The minimum absolute atomic E-state index is 0.105. The average Bonchev–Trinajstić information content (AvgIpc) is 2.76. The second-order valence-electron chi connectivity index (χ2n) is 4.24. The highest BCUT2D eigenvalue weighted by molar-refractivity contribution is 6.18. The van der Waals surface area contributed by atoms with Gasteiger partial charge >= 0.3 is 0 Å². The number of rotatable bonds is 3. The predicted molar refractivity (Wildman–Crippen MR) is 57.5 cm³/mol. The van der Waals surface area contributed by atoms with Gasteiger partial charge in [0.2, 0.25) is 11.8 Å². The lowest BCUT2D eigenvalue weighted by Gasteiger charge is -2.25. The molecule has 1 aliphatic carbocycles. The zero-order chi connectivity index (χ0) is 12.6. The van der Waals surface area contributed by atoms with Gasteiger partial charge in [0.25, 0.3) is 0 Å². The maximum atomic E-state index is 11.7. The van der Waals surface area contributed by atoms with E-state index < -0.39 is 5.54 Å². The Hall–Kier alpha value is -1.85. The molecule has 0 aromatic rings. The van der Waals surface area contributed by atoms with E-state index in [1.165, 1.54) is 0 Å². The van der Waals surface area contributed by atoms with Crippen LogP contribution < -0.4 is 0 Å². The van der Waals surface area contributed by atoms with Crippen LogP contribution in [0.4, 0.5) is 0 Å². The number of hydrogen-bond donors (Lipinski definition) is 0. The van der Waals surface area contributed by atoms with E-state index in [4.69, 9.17) is 0 Å². The molecule has 2 aliphatic rings. The van der Waals surface area contributed by atoms with E-state index in [0.29, 0.717) is 0 Å². The minimum atomic E-state index is -1.60. The van der Waals surface area contributed by atoms with Crippen LogP contribution in [0.1, 0.15) is 25.7 Å². The van der Waals surface area contributed by atoms with Gasteiger partial charge in [-0.25, -0.2) is 0 Å². The van der Waals surface area contributed by atoms with Crippen molar-refractivity contribution in [3.8, 4) is 0 Å². The number of ketones is 2. The quantitative estimate of drug-likeness (QED) is 0.376. The highest BCUT2D eigenvalue weighted by Gasteiger charge is 2.52. The van der Waals surface area contributed by atoms with Crippen molar-refractivity contribution in [1.29, 1.82) is 0 Å². The molecule has 1 aliphatic heterocycles. The van der Waals surface area contributed by atoms with Crippen molar-refractivity contribution in [2.45, 2.75) is 31.2 Å². The minimum Gasteiger partial charge on any atom is -0.296 e. The van der Waals surface area contributed by atoms with Crippen LogP contribution in [0.2, 0.25) is 0 Å². The molecule has 0 atom stereocenters. The third kappa shape index (κ3) is 1.60. The van der Waals surface area contributed by atoms with E-state index in [1.807, 2.05) is 0 Å². The topological polar surface area (TPSA) is 83.9 Å². The summed E-state index contributed by atoms with van der Waals surface area (Å²) in [6.45, 7) is 2.99. The van der Waals surface area contributed by atoms with Gasteiger partial charge in [-0.2, -0.15) is 0 Å². The van der Waals surface area contributed by atoms with Gasteiger partial charge in [-0.1, -0.05) is 0 Å². The molecule has 0 N–H and O–H groups in total. The largest absolute Gasteiger partial charge is 0.296 e. The number of Topliss-reactive ketones (excluding diaryl/α,β-unsaturated/α-hetero) is 2. The Labute approximate surface area is 97.7 Å². The molecule has 0 radical (unpaired) electrons. The van der Waals surface area contributed by atoms with Crippen LogP contribution in [-0.4, -0.2) is 47.1 Å². The van der Waals surface area contributed by atoms with Crippen molar-refractivity contribution in [2.24, 2.45) is 4.99 Å². The maximum absolute atomic E-state index is 11.7. The first kappa shape index (κ1) is 11.6. The molecule has 90 valence electrons. The smallest absolute Gasteiger partial charge is 0.229 e. The Bertz CT molecular complexity index is 409. The van der Waals surface area contributed by atoms with E-state index in [2.05, 4.69) is 11.7 Å².